The van der Waals surface area contributed by atoms with Crippen molar-refractivity contribution in [3.8, 4) is 0 Å². The Balaban J connectivity index is 1.96. The second kappa shape index (κ2) is 9.40. The van der Waals surface area contributed by atoms with Crippen molar-refractivity contribution in [1.29, 1.82) is 0 Å². The molecule has 0 aliphatic carbocycles. The summed E-state index contributed by atoms with van der Waals surface area (Å²) >= 11 is 0. The highest BCUT2D eigenvalue weighted by molar-refractivity contribution is 6.11. The molecule has 3 aromatic rings. The van der Waals surface area contributed by atoms with Gasteiger partial charge in [-0.25, -0.2) is 0 Å². The van der Waals surface area contributed by atoms with E-state index in [4.69, 9.17) is 13.6 Å². The van der Waals surface area contributed by atoms with Crippen LogP contribution in [0.1, 0.15) is 16.3 Å². The topological polar surface area (TPSA) is 88.2 Å². The summed E-state index contributed by atoms with van der Waals surface area (Å²) in [4.78, 5) is 29.2. The van der Waals surface area contributed by atoms with E-state index >= 15 is 0 Å². The van der Waals surface area contributed by atoms with E-state index in [9.17, 15) is 9.59 Å². The largest absolute Gasteiger partial charge is 0.467 e. The molecule has 1 aromatic carbocycles. The third-order valence-electron chi connectivity index (χ3n) is 4.36. The van der Waals surface area contributed by atoms with E-state index in [2.05, 4.69) is 5.32 Å². The van der Waals surface area contributed by atoms with Crippen LogP contribution in [0.25, 0.3) is 11.0 Å². The Morgan fingerprint density at radius 2 is 1.90 bits per heavy atom. The molecular formula is C21H25N3O5. The number of nitrogens with one attached hydrogen (secondary N) is 1. The lowest BCUT2D eigenvalue weighted by Gasteiger charge is -2.23. The molecule has 8 nitrogen and oxygen atoms in total. The van der Waals surface area contributed by atoms with Gasteiger partial charge in [-0.2, -0.15) is 0 Å². The SMILES string of the molecule is COCC(=O)Nc1c(C(=O)N(CCN(C)C)Cc2ccco2)oc2ccccc12. The van der Waals surface area contributed by atoms with Crippen molar-refractivity contribution in [1.82, 2.24) is 9.80 Å². The molecule has 0 aliphatic rings. The smallest absolute Gasteiger partial charge is 0.292 e. The molecule has 0 spiro atoms. The number of para-hydroxylation sites is 1. The molecule has 0 radical (unpaired) electrons. The molecule has 2 amide bonds. The summed E-state index contributed by atoms with van der Waals surface area (Å²) in [5.41, 5.74) is 0.871. The van der Waals surface area contributed by atoms with Gasteiger partial charge in [0.05, 0.1) is 12.8 Å². The third-order valence-corrected chi connectivity index (χ3v) is 4.36. The molecule has 0 unspecified atom stereocenters. The van der Waals surface area contributed by atoms with Crippen molar-refractivity contribution in [2.24, 2.45) is 0 Å². The van der Waals surface area contributed by atoms with Gasteiger partial charge in [0.2, 0.25) is 11.7 Å². The maximum Gasteiger partial charge on any atom is 0.292 e. The van der Waals surface area contributed by atoms with Crippen molar-refractivity contribution in [3.63, 3.8) is 0 Å². The van der Waals surface area contributed by atoms with Gasteiger partial charge in [-0.15, -0.1) is 0 Å². The number of benzene rings is 1. The van der Waals surface area contributed by atoms with Crippen LogP contribution in [-0.2, 0) is 16.1 Å². The molecule has 2 aromatic heterocycles. The average Bonchev–Trinajstić information content (AvgIpc) is 3.33. The molecule has 2 heterocycles. The number of nitrogens with zero attached hydrogens (tertiary/aromatic N) is 2. The molecular weight excluding hydrogens is 374 g/mol. The number of ether oxygens (including phenoxy) is 1. The summed E-state index contributed by atoms with van der Waals surface area (Å²) in [5.74, 6) is 0.0605. The summed E-state index contributed by atoms with van der Waals surface area (Å²) in [6.07, 6.45) is 1.57. The molecule has 0 bridgehead atoms. The van der Waals surface area contributed by atoms with E-state index in [1.54, 1.807) is 29.4 Å². The van der Waals surface area contributed by atoms with E-state index < -0.39 is 0 Å². The van der Waals surface area contributed by atoms with Crippen molar-refractivity contribution in [3.05, 3.63) is 54.2 Å². The summed E-state index contributed by atoms with van der Waals surface area (Å²) in [7, 11) is 5.31. The Kier molecular flexibility index (Phi) is 6.69. The number of furan rings is 2. The standard InChI is InChI=1S/C21H25N3O5/c1-23(2)10-11-24(13-15-7-6-12-28-15)21(26)20-19(22-18(25)14-27-3)16-8-4-5-9-17(16)29-20/h4-9,12H,10-11,13-14H2,1-3H3,(H,22,25). The van der Waals surface area contributed by atoms with Gasteiger partial charge in [0.25, 0.3) is 5.91 Å². The van der Waals surface area contributed by atoms with E-state index in [0.29, 0.717) is 42.1 Å². The molecule has 0 saturated carbocycles. The van der Waals surface area contributed by atoms with Gasteiger partial charge < -0.3 is 28.7 Å². The van der Waals surface area contributed by atoms with Gasteiger partial charge in [0.15, 0.2) is 0 Å². The van der Waals surface area contributed by atoms with Gasteiger partial charge >= 0.3 is 0 Å². The highest BCUT2D eigenvalue weighted by atomic mass is 16.5. The number of amides is 2. The predicted molar refractivity (Wildman–Crippen MR) is 109 cm³/mol. The number of methoxy groups -OCH3 is 1. The van der Waals surface area contributed by atoms with Gasteiger partial charge in [-0.3, -0.25) is 9.59 Å². The number of carbonyl (C=O) groups excluding carboxylic acids is 2. The molecule has 0 atom stereocenters. The van der Waals surface area contributed by atoms with Crippen LogP contribution in [0.15, 0.2) is 51.5 Å². The molecule has 0 saturated heterocycles. The van der Waals surface area contributed by atoms with Crippen LogP contribution in [0.4, 0.5) is 5.69 Å². The quantitative estimate of drug-likeness (QED) is 0.595. The third kappa shape index (κ3) is 5.04. The first-order valence-electron chi connectivity index (χ1n) is 9.26. The van der Waals surface area contributed by atoms with Crippen LogP contribution in [0.3, 0.4) is 0 Å². The maximum absolute atomic E-state index is 13.4. The number of hydrogen-bond donors (Lipinski definition) is 1. The maximum atomic E-state index is 13.4. The fourth-order valence-corrected chi connectivity index (χ4v) is 2.93. The summed E-state index contributed by atoms with van der Waals surface area (Å²) < 4.78 is 16.2. The Bertz CT molecular complexity index is 962. The zero-order chi connectivity index (χ0) is 20.8. The summed E-state index contributed by atoms with van der Waals surface area (Å²) in [5, 5.41) is 3.41. The van der Waals surface area contributed by atoms with Crippen LogP contribution >= 0.6 is 0 Å². The Morgan fingerprint density at radius 3 is 2.59 bits per heavy atom. The van der Waals surface area contributed by atoms with E-state index in [1.807, 2.05) is 37.2 Å². The Hall–Kier alpha value is -3.10. The number of likely N-dealkylation sites (N-methyl/N-ethyl adjacent to an activating group) is 1. The number of rotatable bonds is 9. The first kappa shape index (κ1) is 20.6. The molecule has 3 rings (SSSR count). The van der Waals surface area contributed by atoms with E-state index in [0.717, 1.165) is 0 Å². The van der Waals surface area contributed by atoms with Crippen LogP contribution in [0.5, 0.6) is 0 Å². The first-order chi connectivity index (χ1) is 14.0. The average molecular weight is 399 g/mol. The summed E-state index contributed by atoms with van der Waals surface area (Å²) in [6.45, 7) is 1.30. The predicted octanol–water partition coefficient (Wildman–Crippen LogP) is 2.81. The minimum atomic E-state index is -0.362. The molecule has 0 fully saturated rings. The normalized spacial score (nSPS) is 11.2. The van der Waals surface area contributed by atoms with Crippen LogP contribution in [0, 0.1) is 0 Å². The zero-order valence-corrected chi connectivity index (χ0v) is 16.8. The Labute approximate surface area is 169 Å². The fourth-order valence-electron chi connectivity index (χ4n) is 2.93. The van der Waals surface area contributed by atoms with Gasteiger partial charge in [0.1, 0.15) is 23.6 Å². The van der Waals surface area contributed by atoms with Gasteiger partial charge in [0, 0.05) is 25.6 Å². The molecule has 0 aliphatic heterocycles. The highest BCUT2D eigenvalue weighted by Gasteiger charge is 2.27. The number of carbonyl (C=O) groups is 2. The fraction of sp³-hybridized carbons (Fsp3) is 0.333. The molecule has 8 heteroatoms. The monoisotopic (exact) mass is 399 g/mol. The second-order valence-corrected chi connectivity index (χ2v) is 6.89. The zero-order valence-electron chi connectivity index (χ0n) is 16.8. The van der Waals surface area contributed by atoms with Crippen molar-refractivity contribution in [2.75, 3.05) is 46.2 Å². The second-order valence-electron chi connectivity index (χ2n) is 6.89. The number of fused-ring (bicyclic) bond motifs is 1. The molecule has 154 valence electrons. The summed E-state index contributed by atoms with van der Waals surface area (Å²) in [6, 6.07) is 10.8. The Morgan fingerprint density at radius 1 is 1.10 bits per heavy atom. The van der Waals surface area contributed by atoms with Gasteiger partial charge in [-0.1, -0.05) is 12.1 Å². The minimum absolute atomic E-state index is 0.0842. The van der Waals surface area contributed by atoms with Crippen LogP contribution in [-0.4, -0.2) is 62.5 Å². The van der Waals surface area contributed by atoms with E-state index in [-0.39, 0.29) is 24.2 Å². The number of anilines is 1. The van der Waals surface area contributed by atoms with Crippen molar-refractivity contribution >= 4 is 28.5 Å². The van der Waals surface area contributed by atoms with E-state index in [1.165, 1.54) is 7.11 Å². The van der Waals surface area contributed by atoms with Crippen molar-refractivity contribution in [2.45, 2.75) is 6.54 Å². The lowest BCUT2D eigenvalue weighted by Crippen LogP contribution is -2.36. The minimum Gasteiger partial charge on any atom is -0.467 e. The first-order valence-corrected chi connectivity index (χ1v) is 9.26. The highest BCUT2D eigenvalue weighted by Crippen LogP contribution is 2.32. The number of hydrogen-bond acceptors (Lipinski definition) is 6. The van der Waals surface area contributed by atoms with Crippen LogP contribution < -0.4 is 5.32 Å². The lowest BCUT2D eigenvalue weighted by molar-refractivity contribution is -0.119. The molecule has 29 heavy (non-hydrogen) atoms. The van der Waals surface area contributed by atoms with Crippen molar-refractivity contribution < 1.29 is 23.2 Å². The molecule has 1 N–H and O–H groups in total. The van der Waals surface area contributed by atoms with Gasteiger partial charge in [-0.05, 0) is 38.4 Å². The van der Waals surface area contributed by atoms with Crippen LogP contribution in [0.2, 0.25) is 0 Å². The lowest BCUT2D eigenvalue weighted by atomic mass is 10.2.